The number of piperidine rings is 1. The summed E-state index contributed by atoms with van der Waals surface area (Å²) in [7, 11) is 0. The van der Waals surface area contributed by atoms with Crippen LogP contribution in [0.25, 0.3) is 0 Å². The van der Waals surface area contributed by atoms with Crippen molar-refractivity contribution in [3.8, 4) is 0 Å². The van der Waals surface area contributed by atoms with Gasteiger partial charge in [-0.2, -0.15) is 4.99 Å². The Kier molecular flexibility index (Phi) is 4.27. The van der Waals surface area contributed by atoms with Gasteiger partial charge < -0.3 is 9.64 Å². The molecule has 122 valence electrons. The molecule has 1 unspecified atom stereocenters. The molecule has 0 aromatic heterocycles. The van der Waals surface area contributed by atoms with Gasteiger partial charge in [-0.15, -0.1) is 0 Å². The second-order valence-corrected chi connectivity index (χ2v) is 5.67. The van der Waals surface area contributed by atoms with Gasteiger partial charge in [0.1, 0.15) is 0 Å². The van der Waals surface area contributed by atoms with Crippen molar-refractivity contribution >= 4 is 23.7 Å². The molecule has 1 saturated heterocycles. The highest BCUT2D eigenvalue weighted by Gasteiger charge is 2.41. The number of hydrogen-bond acceptors (Lipinski definition) is 4. The van der Waals surface area contributed by atoms with Crippen LogP contribution in [0.2, 0.25) is 0 Å². The van der Waals surface area contributed by atoms with E-state index in [-0.39, 0.29) is 18.0 Å². The maximum absolute atomic E-state index is 12.6. The highest BCUT2D eigenvalue weighted by Crippen LogP contribution is 2.26. The Morgan fingerprint density at radius 3 is 2.74 bits per heavy atom. The number of nitrogens with zero attached hydrogens (tertiary/aromatic N) is 3. The van der Waals surface area contributed by atoms with Gasteiger partial charge >= 0.3 is 12.1 Å². The zero-order chi connectivity index (χ0) is 16.4. The summed E-state index contributed by atoms with van der Waals surface area (Å²) in [6.07, 6.45) is 7.77. The first-order chi connectivity index (χ1) is 11.1. The third-order valence-electron chi connectivity index (χ3n) is 4.29. The summed E-state index contributed by atoms with van der Waals surface area (Å²) in [4.78, 5) is 43.5. The molecule has 0 radical (unpaired) electrons. The lowest BCUT2D eigenvalue weighted by molar-refractivity contribution is -0.131. The molecule has 0 aromatic carbocycles. The third-order valence-corrected chi connectivity index (χ3v) is 4.29. The number of urea groups is 1. The summed E-state index contributed by atoms with van der Waals surface area (Å²) in [5.41, 5.74) is 0.503. The molecule has 7 nitrogen and oxygen atoms in total. The van der Waals surface area contributed by atoms with Crippen molar-refractivity contribution in [3.63, 3.8) is 0 Å². The number of hydrogen-bond donors (Lipinski definition) is 0. The number of allylic oxidation sites excluding steroid dienone is 3. The number of carbonyl (C=O) groups excluding carboxylic acids is 3. The SMILES string of the molecule is CCOC(=O)N1CCC(N2C(=O)N=C3C=CC=CC3C2=O)CC1. The van der Waals surface area contributed by atoms with Gasteiger partial charge in [0.2, 0.25) is 5.91 Å². The van der Waals surface area contributed by atoms with Crippen LogP contribution in [0.15, 0.2) is 29.3 Å². The number of rotatable bonds is 2. The van der Waals surface area contributed by atoms with Gasteiger partial charge in [-0.25, -0.2) is 9.59 Å². The van der Waals surface area contributed by atoms with E-state index in [1.54, 1.807) is 36.1 Å². The van der Waals surface area contributed by atoms with Gasteiger partial charge in [0, 0.05) is 19.1 Å². The molecule has 0 N–H and O–H groups in total. The van der Waals surface area contributed by atoms with Crippen molar-refractivity contribution in [3.05, 3.63) is 24.3 Å². The molecule has 0 bridgehead atoms. The molecule has 23 heavy (non-hydrogen) atoms. The smallest absolute Gasteiger partial charge is 0.409 e. The average molecular weight is 317 g/mol. The summed E-state index contributed by atoms with van der Waals surface area (Å²) < 4.78 is 4.98. The molecular weight excluding hydrogens is 298 g/mol. The molecule has 4 amide bonds. The van der Waals surface area contributed by atoms with Crippen LogP contribution in [-0.4, -0.2) is 59.3 Å². The van der Waals surface area contributed by atoms with Crippen LogP contribution < -0.4 is 0 Å². The second-order valence-electron chi connectivity index (χ2n) is 5.67. The summed E-state index contributed by atoms with van der Waals surface area (Å²) in [5.74, 6) is -0.698. The Hall–Kier alpha value is -2.44. The topological polar surface area (TPSA) is 79.3 Å². The normalized spacial score (nSPS) is 24.6. The highest BCUT2D eigenvalue weighted by molar-refractivity contribution is 6.21. The molecule has 1 fully saturated rings. The number of aliphatic imine (C=N–C) groups is 1. The summed E-state index contributed by atoms with van der Waals surface area (Å²) in [6, 6.07) is -0.721. The van der Waals surface area contributed by atoms with Crippen molar-refractivity contribution in [2.24, 2.45) is 10.9 Å². The quantitative estimate of drug-likeness (QED) is 0.777. The van der Waals surface area contributed by atoms with Gasteiger partial charge in [-0.1, -0.05) is 18.2 Å². The van der Waals surface area contributed by atoms with Crippen molar-refractivity contribution in [2.45, 2.75) is 25.8 Å². The Bertz CT molecular complexity index is 615. The average Bonchev–Trinajstić information content (AvgIpc) is 2.56. The van der Waals surface area contributed by atoms with Crippen molar-refractivity contribution < 1.29 is 19.1 Å². The maximum Gasteiger partial charge on any atom is 0.409 e. The van der Waals surface area contributed by atoms with E-state index in [2.05, 4.69) is 4.99 Å². The standard InChI is InChI=1S/C16H19N3O4/c1-2-23-16(22)18-9-7-11(8-10-18)19-14(20)12-5-3-4-6-13(12)17-15(19)21/h3-6,11-12H,2,7-10H2,1H3. The minimum Gasteiger partial charge on any atom is -0.450 e. The van der Waals surface area contributed by atoms with E-state index in [0.717, 1.165) is 0 Å². The Balaban J connectivity index is 1.69. The molecule has 3 rings (SSSR count). The Labute approximate surface area is 134 Å². The third kappa shape index (κ3) is 2.91. The Morgan fingerprint density at radius 1 is 1.30 bits per heavy atom. The van der Waals surface area contributed by atoms with Gasteiger partial charge in [-0.05, 0) is 25.8 Å². The van der Waals surface area contributed by atoms with Crippen LogP contribution in [-0.2, 0) is 9.53 Å². The fraction of sp³-hybridized carbons (Fsp3) is 0.500. The van der Waals surface area contributed by atoms with Gasteiger partial charge in [0.05, 0.1) is 18.2 Å². The van der Waals surface area contributed by atoms with E-state index >= 15 is 0 Å². The van der Waals surface area contributed by atoms with Crippen LogP contribution >= 0.6 is 0 Å². The molecular formula is C16H19N3O4. The predicted molar refractivity (Wildman–Crippen MR) is 83.1 cm³/mol. The second kappa shape index (κ2) is 6.36. The molecule has 2 heterocycles. The van der Waals surface area contributed by atoms with E-state index in [0.29, 0.717) is 38.2 Å². The van der Waals surface area contributed by atoms with Crippen LogP contribution in [0.3, 0.4) is 0 Å². The minimum absolute atomic E-state index is 0.217. The fourth-order valence-electron chi connectivity index (χ4n) is 3.11. The number of imide groups is 1. The van der Waals surface area contributed by atoms with Crippen LogP contribution in [0.1, 0.15) is 19.8 Å². The zero-order valence-electron chi connectivity index (χ0n) is 13.0. The van der Waals surface area contributed by atoms with Gasteiger partial charge in [0.25, 0.3) is 0 Å². The lowest BCUT2D eigenvalue weighted by Crippen LogP contribution is -2.54. The number of fused-ring (bicyclic) bond motifs is 1. The largest absolute Gasteiger partial charge is 0.450 e. The van der Waals surface area contributed by atoms with Crippen LogP contribution in [0, 0.1) is 5.92 Å². The van der Waals surface area contributed by atoms with Crippen molar-refractivity contribution in [1.82, 2.24) is 9.80 Å². The van der Waals surface area contributed by atoms with Gasteiger partial charge in [-0.3, -0.25) is 9.69 Å². The molecule has 1 aliphatic carbocycles. The predicted octanol–water partition coefficient (Wildman–Crippen LogP) is 1.75. The van der Waals surface area contributed by atoms with E-state index in [1.165, 1.54) is 4.90 Å². The van der Waals surface area contributed by atoms with Crippen LogP contribution in [0.5, 0.6) is 0 Å². The van der Waals surface area contributed by atoms with Crippen molar-refractivity contribution in [1.29, 1.82) is 0 Å². The number of amides is 4. The molecule has 7 heteroatoms. The number of carbonyl (C=O) groups is 3. The highest BCUT2D eigenvalue weighted by atomic mass is 16.6. The lowest BCUT2D eigenvalue weighted by Gasteiger charge is -2.38. The summed E-state index contributed by atoms with van der Waals surface area (Å²) >= 11 is 0. The minimum atomic E-state index is -0.504. The van der Waals surface area contributed by atoms with Gasteiger partial charge in [0.15, 0.2) is 0 Å². The Morgan fingerprint density at radius 2 is 2.04 bits per heavy atom. The van der Waals surface area contributed by atoms with E-state index in [4.69, 9.17) is 4.74 Å². The monoisotopic (exact) mass is 317 g/mol. The molecule has 0 aromatic rings. The van der Waals surface area contributed by atoms with E-state index in [9.17, 15) is 14.4 Å². The number of likely N-dealkylation sites (tertiary alicyclic amines) is 1. The maximum atomic E-state index is 12.6. The lowest BCUT2D eigenvalue weighted by atomic mass is 9.93. The molecule has 3 aliphatic rings. The first kappa shape index (κ1) is 15.5. The van der Waals surface area contributed by atoms with Crippen LogP contribution in [0.4, 0.5) is 9.59 Å². The summed E-state index contributed by atoms with van der Waals surface area (Å²) in [5, 5.41) is 0. The molecule has 2 aliphatic heterocycles. The molecule has 0 spiro atoms. The first-order valence-electron chi connectivity index (χ1n) is 7.84. The fourth-order valence-corrected chi connectivity index (χ4v) is 3.11. The molecule has 1 atom stereocenters. The zero-order valence-corrected chi connectivity index (χ0v) is 13.0. The summed E-state index contributed by atoms with van der Waals surface area (Å²) in [6.45, 7) is 3.04. The van der Waals surface area contributed by atoms with Crippen molar-refractivity contribution in [2.75, 3.05) is 19.7 Å². The molecule has 0 saturated carbocycles. The van der Waals surface area contributed by atoms with E-state index < -0.39 is 11.9 Å². The van der Waals surface area contributed by atoms with E-state index in [1.807, 2.05) is 0 Å². The first-order valence-corrected chi connectivity index (χ1v) is 7.84. The number of ether oxygens (including phenoxy) is 1.